The summed E-state index contributed by atoms with van der Waals surface area (Å²) in [5.74, 6) is -0.341. The normalized spacial score (nSPS) is 19.4. The van der Waals surface area contributed by atoms with Gasteiger partial charge >= 0.3 is 0 Å². The number of aromatic hydroxyl groups is 2. The zero-order chi connectivity index (χ0) is 20.0. The van der Waals surface area contributed by atoms with Crippen LogP contribution in [0.25, 0.3) is 22.3 Å². The lowest BCUT2D eigenvalue weighted by molar-refractivity contribution is 0.172. The van der Waals surface area contributed by atoms with E-state index >= 15 is 0 Å². The Bertz CT molecular complexity index is 1120. The molecule has 2 atom stereocenters. The van der Waals surface area contributed by atoms with Crippen LogP contribution in [-0.4, -0.2) is 46.5 Å². The van der Waals surface area contributed by atoms with E-state index in [1.807, 2.05) is 36.2 Å². The van der Waals surface area contributed by atoms with Crippen molar-refractivity contribution in [3.63, 3.8) is 0 Å². The molecular weight excluding hydrogens is 462 g/mol. The van der Waals surface area contributed by atoms with Crippen LogP contribution in [0.3, 0.4) is 0 Å². The number of aliphatic hydroxyl groups is 1. The van der Waals surface area contributed by atoms with Gasteiger partial charge in [0.15, 0.2) is 5.43 Å². The fourth-order valence-electron chi connectivity index (χ4n) is 4.08. The SMILES string of the molecule is CN1CC[C@@H](c2c(O)cc(O)c3c(=O)cc(-c4cccc(Br)c4)oc23)[C@@H]1CO.Cl. The van der Waals surface area contributed by atoms with Gasteiger partial charge in [0.05, 0.1) is 6.61 Å². The van der Waals surface area contributed by atoms with Gasteiger partial charge in [0, 0.05) is 39.7 Å². The number of phenols is 2. The van der Waals surface area contributed by atoms with Gasteiger partial charge in [-0.25, -0.2) is 0 Å². The van der Waals surface area contributed by atoms with Crippen molar-refractivity contribution in [3.8, 4) is 22.8 Å². The highest BCUT2D eigenvalue weighted by molar-refractivity contribution is 9.10. The third-order valence-corrected chi connectivity index (χ3v) is 5.98. The largest absolute Gasteiger partial charge is 0.507 e. The smallest absolute Gasteiger partial charge is 0.197 e. The van der Waals surface area contributed by atoms with Crippen LogP contribution in [-0.2, 0) is 0 Å². The molecule has 1 aliphatic rings. The predicted octanol–water partition coefficient (Wildman–Crippen LogP) is 3.84. The average molecular weight is 483 g/mol. The minimum Gasteiger partial charge on any atom is -0.507 e. The minimum atomic E-state index is -0.387. The summed E-state index contributed by atoms with van der Waals surface area (Å²) in [6.07, 6.45) is 0.694. The number of aliphatic hydroxyl groups excluding tert-OH is 1. The highest BCUT2D eigenvalue weighted by atomic mass is 79.9. The Balaban J connectivity index is 0.00000240. The molecule has 154 valence electrons. The maximum Gasteiger partial charge on any atom is 0.197 e. The van der Waals surface area contributed by atoms with E-state index in [0.717, 1.165) is 11.0 Å². The molecule has 0 saturated carbocycles. The first-order valence-electron chi connectivity index (χ1n) is 9.00. The average Bonchev–Trinajstić information content (AvgIpc) is 3.01. The first-order chi connectivity index (χ1) is 13.4. The Morgan fingerprint density at radius 3 is 2.66 bits per heavy atom. The standard InChI is InChI=1S/C21H20BrNO5.ClH/c1-23-6-5-13(14(23)10-24)19-15(25)8-16(26)20-17(27)9-18(28-21(19)20)11-3-2-4-12(22)7-11;/h2-4,7-9,13-14,24-26H,5-6,10H2,1H3;1H/t13-,14+;/m1./s1. The first kappa shape index (κ1) is 21.6. The molecule has 0 amide bonds. The molecular formula is C21H21BrClNO5. The second-order valence-electron chi connectivity index (χ2n) is 7.14. The summed E-state index contributed by atoms with van der Waals surface area (Å²) < 4.78 is 6.91. The summed E-state index contributed by atoms with van der Waals surface area (Å²) in [7, 11) is 1.91. The molecule has 29 heavy (non-hydrogen) atoms. The molecule has 1 fully saturated rings. The molecule has 0 unspecified atom stereocenters. The second kappa shape index (κ2) is 8.36. The highest BCUT2D eigenvalue weighted by Gasteiger charge is 2.36. The lowest BCUT2D eigenvalue weighted by atomic mass is 9.89. The highest BCUT2D eigenvalue weighted by Crippen LogP contribution is 2.44. The van der Waals surface area contributed by atoms with Gasteiger partial charge in [-0.2, -0.15) is 0 Å². The fraction of sp³-hybridized carbons (Fsp3) is 0.286. The monoisotopic (exact) mass is 481 g/mol. The molecule has 3 N–H and O–H groups in total. The number of hydrogen-bond acceptors (Lipinski definition) is 6. The van der Waals surface area contributed by atoms with Gasteiger partial charge in [0.2, 0.25) is 0 Å². The molecule has 1 aliphatic heterocycles. The number of hydrogen-bond donors (Lipinski definition) is 3. The Hall–Kier alpha value is -2.06. The van der Waals surface area contributed by atoms with E-state index < -0.39 is 0 Å². The van der Waals surface area contributed by atoms with Crippen LogP contribution in [0.5, 0.6) is 11.5 Å². The second-order valence-corrected chi connectivity index (χ2v) is 8.06. The third kappa shape index (κ3) is 3.75. The number of likely N-dealkylation sites (N-methyl/N-ethyl adjacent to an activating group) is 1. The van der Waals surface area contributed by atoms with E-state index in [2.05, 4.69) is 15.9 Å². The van der Waals surface area contributed by atoms with Crippen molar-refractivity contribution in [2.45, 2.75) is 18.4 Å². The predicted molar refractivity (Wildman–Crippen MR) is 117 cm³/mol. The number of likely N-dealkylation sites (tertiary alicyclic amines) is 1. The summed E-state index contributed by atoms with van der Waals surface area (Å²) in [5.41, 5.74) is 0.926. The summed E-state index contributed by atoms with van der Waals surface area (Å²) in [4.78, 5) is 14.8. The van der Waals surface area contributed by atoms with Crippen LogP contribution in [0.15, 0.2) is 50.1 Å². The van der Waals surface area contributed by atoms with Crippen molar-refractivity contribution >= 4 is 39.3 Å². The maximum absolute atomic E-state index is 12.8. The van der Waals surface area contributed by atoms with Gasteiger partial charge in [0.1, 0.15) is 28.2 Å². The molecule has 1 aromatic heterocycles. The zero-order valence-electron chi connectivity index (χ0n) is 15.6. The summed E-state index contributed by atoms with van der Waals surface area (Å²) in [6, 6.07) is 9.65. The number of phenolic OH excluding ortho intramolecular Hbond substituents is 2. The number of rotatable bonds is 3. The molecule has 0 spiro atoms. The van der Waals surface area contributed by atoms with Crippen molar-refractivity contribution in [2.75, 3.05) is 20.2 Å². The van der Waals surface area contributed by atoms with Crippen LogP contribution in [0.4, 0.5) is 0 Å². The molecule has 2 heterocycles. The van der Waals surface area contributed by atoms with Gasteiger partial charge in [-0.1, -0.05) is 28.1 Å². The van der Waals surface area contributed by atoms with E-state index in [1.165, 1.54) is 12.1 Å². The van der Waals surface area contributed by atoms with Gasteiger partial charge in [-0.15, -0.1) is 12.4 Å². The van der Waals surface area contributed by atoms with E-state index in [1.54, 1.807) is 0 Å². The first-order valence-corrected chi connectivity index (χ1v) is 9.79. The van der Waals surface area contributed by atoms with Crippen molar-refractivity contribution in [1.29, 1.82) is 0 Å². The number of nitrogens with zero attached hydrogens (tertiary/aromatic N) is 1. The Kier molecular flexibility index (Phi) is 6.24. The quantitative estimate of drug-likeness (QED) is 0.525. The molecule has 2 aromatic carbocycles. The summed E-state index contributed by atoms with van der Waals surface area (Å²) >= 11 is 3.41. The van der Waals surface area contributed by atoms with Crippen molar-refractivity contribution in [3.05, 3.63) is 56.7 Å². The van der Waals surface area contributed by atoms with Gasteiger partial charge in [0.25, 0.3) is 0 Å². The molecule has 4 rings (SSSR count). The van der Waals surface area contributed by atoms with Crippen molar-refractivity contribution < 1.29 is 19.7 Å². The van der Waals surface area contributed by atoms with E-state index in [0.29, 0.717) is 23.3 Å². The fourth-order valence-corrected chi connectivity index (χ4v) is 4.47. The van der Waals surface area contributed by atoms with E-state index in [9.17, 15) is 20.1 Å². The molecule has 3 aromatic rings. The number of halogens is 2. The molecule has 0 aliphatic carbocycles. The van der Waals surface area contributed by atoms with E-state index in [4.69, 9.17) is 4.42 Å². The van der Waals surface area contributed by atoms with Gasteiger partial charge in [-0.05, 0) is 32.1 Å². The summed E-state index contributed by atoms with van der Waals surface area (Å²) in [6.45, 7) is 0.659. The van der Waals surface area contributed by atoms with Gasteiger partial charge in [-0.3, -0.25) is 4.79 Å². The Morgan fingerprint density at radius 2 is 1.97 bits per heavy atom. The minimum absolute atomic E-state index is 0. The summed E-state index contributed by atoms with van der Waals surface area (Å²) in [5, 5.41) is 30.8. The van der Waals surface area contributed by atoms with E-state index in [-0.39, 0.29) is 58.9 Å². The van der Waals surface area contributed by atoms with Crippen LogP contribution >= 0.6 is 28.3 Å². The van der Waals surface area contributed by atoms with Crippen LogP contribution < -0.4 is 5.43 Å². The van der Waals surface area contributed by atoms with Gasteiger partial charge < -0.3 is 24.6 Å². The van der Waals surface area contributed by atoms with Crippen LogP contribution in [0.1, 0.15) is 17.9 Å². The van der Waals surface area contributed by atoms with Crippen LogP contribution in [0.2, 0.25) is 0 Å². The number of fused-ring (bicyclic) bond motifs is 1. The number of benzene rings is 2. The Morgan fingerprint density at radius 1 is 1.21 bits per heavy atom. The maximum atomic E-state index is 12.8. The topological polar surface area (TPSA) is 94.1 Å². The molecule has 8 heteroatoms. The Labute approximate surface area is 181 Å². The van der Waals surface area contributed by atoms with Crippen molar-refractivity contribution in [2.24, 2.45) is 0 Å². The molecule has 1 saturated heterocycles. The third-order valence-electron chi connectivity index (χ3n) is 5.49. The lowest BCUT2D eigenvalue weighted by Crippen LogP contribution is -2.32. The van der Waals surface area contributed by atoms with Crippen molar-refractivity contribution in [1.82, 2.24) is 4.90 Å². The molecule has 0 bridgehead atoms. The lowest BCUT2D eigenvalue weighted by Gasteiger charge is -2.24. The van der Waals surface area contributed by atoms with Crippen LogP contribution in [0, 0.1) is 0 Å². The zero-order valence-corrected chi connectivity index (χ0v) is 18.0. The molecule has 0 radical (unpaired) electrons. The molecule has 6 nitrogen and oxygen atoms in total.